The minimum atomic E-state index is -0.489. The number of fused-ring (bicyclic) bond motifs is 1. The van der Waals surface area contributed by atoms with Gasteiger partial charge in [-0.25, -0.2) is 4.98 Å². The maximum atomic E-state index is 12.8. The maximum absolute atomic E-state index is 12.8. The van der Waals surface area contributed by atoms with Crippen LogP contribution in [0.1, 0.15) is 68.6 Å². The van der Waals surface area contributed by atoms with Crippen LogP contribution >= 0.6 is 23.1 Å². The van der Waals surface area contributed by atoms with Crippen LogP contribution in [0.3, 0.4) is 0 Å². The Balaban J connectivity index is 1.20. The second kappa shape index (κ2) is 16.6. The standard InChI is InChI=1S/C32H36N4O5S2/c1-2-3-4-5-6-7-8-9-20-41-27-17-10-23(11-18-27)31(38)34-25-14-19-28-29(21-25)43-32(35-28)42-22-30(37)33-24-12-15-26(16-13-24)36(39)40/h10-19,21H,2-9,20,22H2,1H3,(H,33,37)(H,34,38). The van der Waals surface area contributed by atoms with Crippen molar-refractivity contribution < 1.29 is 19.2 Å². The molecule has 1 aromatic heterocycles. The molecular formula is C32H36N4O5S2. The molecule has 9 nitrogen and oxygen atoms in total. The monoisotopic (exact) mass is 620 g/mol. The first-order valence-electron chi connectivity index (χ1n) is 14.5. The summed E-state index contributed by atoms with van der Waals surface area (Å²) in [5.74, 6) is 0.447. The minimum absolute atomic E-state index is 0.0375. The zero-order valence-corrected chi connectivity index (χ0v) is 25.8. The highest BCUT2D eigenvalue weighted by atomic mass is 32.2. The second-order valence-corrected chi connectivity index (χ2v) is 12.4. The van der Waals surface area contributed by atoms with Crippen LogP contribution in [0.2, 0.25) is 0 Å². The van der Waals surface area contributed by atoms with Crippen molar-refractivity contribution in [2.24, 2.45) is 0 Å². The normalized spacial score (nSPS) is 10.9. The molecule has 0 bridgehead atoms. The number of nitro groups is 1. The number of unbranched alkanes of at least 4 members (excludes halogenated alkanes) is 7. The lowest BCUT2D eigenvalue weighted by Crippen LogP contribution is -2.13. The average Bonchev–Trinajstić information content (AvgIpc) is 3.42. The largest absolute Gasteiger partial charge is 0.494 e. The van der Waals surface area contributed by atoms with Crippen LogP contribution < -0.4 is 15.4 Å². The Labute approximate surface area is 259 Å². The number of nitrogens with one attached hydrogen (secondary N) is 2. The van der Waals surface area contributed by atoms with Gasteiger partial charge in [-0.15, -0.1) is 11.3 Å². The van der Waals surface area contributed by atoms with Gasteiger partial charge in [-0.3, -0.25) is 19.7 Å². The lowest BCUT2D eigenvalue weighted by atomic mass is 10.1. The van der Waals surface area contributed by atoms with Gasteiger partial charge in [0, 0.05) is 29.1 Å². The average molecular weight is 621 g/mol. The zero-order chi connectivity index (χ0) is 30.4. The highest BCUT2D eigenvalue weighted by Gasteiger charge is 2.12. The van der Waals surface area contributed by atoms with Crippen LogP contribution in [0.4, 0.5) is 17.1 Å². The molecule has 2 N–H and O–H groups in total. The summed E-state index contributed by atoms with van der Waals surface area (Å²) in [6.45, 7) is 2.92. The zero-order valence-electron chi connectivity index (χ0n) is 24.2. The summed E-state index contributed by atoms with van der Waals surface area (Å²) in [5, 5.41) is 16.4. The Bertz CT molecular complexity index is 1510. The molecule has 0 aliphatic heterocycles. The molecule has 0 aliphatic rings. The summed E-state index contributed by atoms with van der Waals surface area (Å²) < 4.78 is 7.46. The third kappa shape index (κ3) is 10.4. The fraction of sp³-hybridized carbons (Fsp3) is 0.344. The Morgan fingerprint density at radius 1 is 0.884 bits per heavy atom. The Kier molecular flexibility index (Phi) is 12.4. The summed E-state index contributed by atoms with van der Waals surface area (Å²) in [5.41, 5.74) is 2.42. The van der Waals surface area contributed by atoms with Crippen LogP contribution in [0.15, 0.2) is 71.1 Å². The molecule has 43 heavy (non-hydrogen) atoms. The number of amides is 2. The predicted molar refractivity (Wildman–Crippen MR) is 175 cm³/mol. The van der Waals surface area contributed by atoms with Gasteiger partial charge in [0.15, 0.2) is 4.34 Å². The second-order valence-electron chi connectivity index (χ2n) is 10.1. The quantitative estimate of drug-likeness (QED) is 0.0524. The van der Waals surface area contributed by atoms with Crippen molar-refractivity contribution in [2.45, 2.75) is 62.6 Å². The van der Waals surface area contributed by atoms with E-state index < -0.39 is 4.92 Å². The van der Waals surface area contributed by atoms with Gasteiger partial charge in [-0.05, 0) is 61.0 Å². The van der Waals surface area contributed by atoms with Gasteiger partial charge in [0.1, 0.15) is 5.75 Å². The van der Waals surface area contributed by atoms with Gasteiger partial charge >= 0.3 is 0 Å². The van der Waals surface area contributed by atoms with E-state index in [4.69, 9.17) is 4.74 Å². The molecule has 0 spiro atoms. The van der Waals surface area contributed by atoms with Crippen molar-refractivity contribution in [3.63, 3.8) is 0 Å². The van der Waals surface area contributed by atoms with Gasteiger partial charge in [-0.1, -0.05) is 63.6 Å². The van der Waals surface area contributed by atoms with Crippen molar-refractivity contribution in [1.29, 1.82) is 0 Å². The molecule has 0 atom stereocenters. The first-order chi connectivity index (χ1) is 20.9. The third-order valence-corrected chi connectivity index (χ3v) is 8.86. The Morgan fingerprint density at radius 2 is 1.56 bits per heavy atom. The molecule has 0 aliphatic carbocycles. The lowest BCUT2D eigenvalue weighted by molar-refractivity contribution is -0.384. The van der Waals surface area contributed by atoms with E-state index in [2.05, 4.69) is 22.5 Å². The van der Waals surface area contributed by atoms with Crippen molar-refractivity contribution in [3.8, 4) is 5.75 Å². The summed E-state index contributed by atoms with van der Waals surface area (Å²) in [6.07, 6.45) is 10.0. The van der Waals surface area contributed by atoms with Crippen LogP contribution in [-0.4, -0.2) is 34.1 Å². The van der Waals surface area contributed by atoms with E-state index >= 15 is 0 Å². The molecule has 226 valence electrons. The number of aromatic nitrogens is 1. The number of nitro benzene ring substituents is 1. The molecule has 4 rings (SSSR count). The topological polar surface area (TPSA) is 123 Å². The predicted octanol–water partition coefficient (Wildman–Crippen LogP) is 8.71. The Morgan fingerprint density at radius 3 is 2.26 bits per heavy atom. The van der Waals surface area contributed by atoms with Gasteiger partial charge in [0.05, 0.1) is 27.5 Å². The summed E-state index contributed by atoms with van der Waals surface area (Å²) in [7, 11) is 0. The Hall–Kier alpha value is -3.96. The molecule has 0 saturated heterocycles. The fourth-order valence-corrected chi connectivity index (χ4v) is 6.27. The molecule has 0 radical (unpaired) electrons. The molecule has 0 fully saturated rings. The smallest absolute Gasteiger partial charge is 0.269 e. The number of hydrogen-bond donors (Lipinski definition) is 2. The maximum Gasteiger partial charge on any atom is 0.269 e. The van der Waals surface area contributed by atoms with Crippen molar-refractivity contribution >= 4 is 62.2 Å². The van der Waals surface area contributed by atoms with Crippen LogP contribution in [0, 0.1) is 10.1 Å². The summed E-state index contributed by atoms with van der Waals surface area (Å²) in [6, 6.07) is 18.4. The van der Waals surface area contributed by atoms with Crippen molar-refractivity contribution in [2.75, 3.05) is 23.0 Å². The highest BCUT2D eigenvalue weighted by molar-refractivity contribution is 8.01. The molecular weight excluding hydrogens is 585 g/mol. The summed E-state index contributed by atoms with van der Waals surface area (Å²) in [4.78, 5) is 40.0. The number of rotatable bonds is 17. The number of nitrogens with zero attached hydrogens (tertiary/aromatic N) is 2. The number of thiazole rings is 1. The van der Waals surface area contributed by atoms with Gasteiger partial charge in [-0.2, -0.15) is 0 Å². The van der Waals surface area contributed by atoms with E-state index in [9.17, 15) is 19.7 Å². The SMILES string of the molecule is CCCCCCCCCCOc1ccc(C(=O)Nc2ccc3nc(SCC(=O)Nc4ccc([N+](=O)[O-])cc4)sc3c2)cc1. The number of thioether (sulfide) groups is 1. The van der Waals surface area contributed by atoms with Crippen molar-refractivity contribution in [1.82, 2.24) is 4.98 Å². The van der Waals surface area contributed by atoms with E-state index in [1.54, 1.807) is 18.2 Å². The number of carbonyl (C=O) groups is 2. The minimum Gasteiger partial charge on any atom is -0.494 e. The number of anilines is 2. The van der Waals surface area contributed by atoms with Crippen molar-refractivity contribution in [3.05, 3.63) is 82.4 Å². The molecule has 0 unspecified atom stereocenters. The summed E-state index contributed by atoms with van der Waals surface area (Å²) >= 11 is 2.74. The van der Waals surface area contributed by atoms with E-state index in [1.165, 1.54) is 92.3 Å². The van der Waals surface area contributed by atoms with Gasteiger partial charge in [0.25, 0.3) is 11.6 Å². The first kappa shape index (κ1) is 32.0. The van der Waals surface area contributed by atoms with E-state index in [0.29, 0.717) is 23.5 Å². The van der Waals surface area contributed by atoms with Gasteiger partial charge < -0.3 is 15.4 Å². The molecule has 3 aromatic carbocycles. The number of non-ortho nitro benzene ring substituents is 1. The van der Waals surface area contributed by atoms with E-state index in [-0.39, 0.29) is 23.3 Å². The first-order valence-corrected chi connectivity index (χ1v) is 16.3. The molecule has 11 heteroatoms. The number of ether oxygens (including phenoxy) is 1. The lowest BCUT2D eigenvalue weighted by Gasteiger charge is -2.08. The highest BCUT2D eigenvalue weighted by Crippen LogP contribution is 2.31. The molecule has 4 aromatic rings. The van der Waals surface area contributed by atoms with Crippen LogP contribution in [-0.2, 0) is 4.79 Å². The number of carbonyl (C=O) groups excluding carboxylic acids is 2. The van der Waals surface area contributed by atoms with E-state index in [1.807, 2.05) is 24.3 Å². The van der Waals surface area contributed by atoms with Crippen LogP contribution in [0.25, 0.3) is 10.2 Å². The number of hydrogen-bond acceptors (Lipinski definition) is 8. The van der Waals surface area contributed by atoms with E-state index in [0.717, 1.165) is 26.7 Å². The molecule has 1 heterocycles. The van der Waals surface area contributed by atoms with Crippen LogP contribution in [0.5, 0.6) is 5.75 Å². The third-order valence-electron chi connectivity index (χ3n) is 6.70. The molecule has 2 amide bonds. The number of benzene rings is 3. The molecule has 0 saturated carbocycles. The fourth-order valence-electron chi connectivity index (χ4n) is 4.37. The van der Waals surface area contributed by atoms with Gasteiger partial charge in [0.2, 0.25) is 5.91 Å².